The fourth-order valence-corrected chi connectivity index (χ4v) is 5.09. The molecule has 43 heavy (non-hydrogen) atoms. The van der Waals surface area contributed by atoms with Crippen LogP contribution in [-0.4, -0.2) is 66.3 Å². The lowest BCUT2D eigenvalue weighted by Gasteiger charge is -2.25. The number of ether oxygens (including phenoxy) is 3. The molecule has 224 valence electrons. The van der Waals surface area contributed by atoms with Crippen molar-refractivity contribution in [3.8, 4) is 28.4 Å². The summed E-state index contributed by atoms with van der Waals surface area (Å²) in [6, 6.07) is 22.7. The van der Waals surface area contributed by atoms with Gasteiger partial charge in [0, 0.05) is 36.2 Å². The van der Waals surface area contributed by atoms with Crippen LogP contribution < -0.4 is 14.8 Å². The molecule has 0 aliphatic carbocycles. The van der Waals surface area contributed by atoms with E-state index in [0.717, 1.165) is 29.8 Å². The predicted octanol–water partition coefficient (Wildman–Crippen LogP) is 5.94. The van der Waals surface area contributed by atoms with Gasteiger partial charge >= 0.3 is 0 Å². The maximum absolute atomic E-state index is 13.6. The molecule has 1 aliphatic heterocycles. The van der Waals surface area contributed by atoms with Gasteiger partial charge in [-0.2, -0.15) is 0 Å². The summed E-state index contributed by atoms with van der Waals surface area (Å²) in [5.74, 6) is 1.55. The maximum Gasteiger partial charge on any atom is 0.254 e. The van der Waals surface area contributed by atoms with Crippen LogP contribution >= 0.6 is 0 Å². The molecular formula is C34H38N4O5. The highest BCUT2D eigenvalue weighted by atomic mass is 16.5. The van der Waals surface area contributed by atoms with E-state index in [-0.39, 0.29) is 24.5 Å². The van der Waals surface area contributed by atoms with Crippen molar-refractivity contribution >= 4 is 17.8 Å². The summed E-state index contributed by atoms with van der Waals surface area (Å²) >= 11 is 0. The summed E-state index contributed by atoms with van der Waals surface area (Å²) in [5, 5.41) is 2.97. The average molecular weight is 583 g/mol. The first kappa shape index (κ1) is 29.8. The van der Waals surface area contributed by atoms with Gasteiger partial charge in [0.1, 0.15) is 18.0 Å². The van der Waals surface area contributed by atoms with E-state index in [1.165, 1.54) is 5.56 Å². The van der Waals surface area contributed by atoms with Crippen LogP contribution in [0, 0.1) is 0 Å². The first-order valence-electron chi connectivity index (χ1n) is 14.5. The van der Waals surface area contributed by atoms with Gasteiger partial charge in [-0.15, -0.1) is 0 Å². The van der Waals surface area contributed by atoms with Crippen molar-refractivity contribution in [2.45, 2.75) is 38.7 Å². The molecule has 5 rings (SSSR count). The molecule has 1 saturated heterocycles. The molecule has 0 radical (unpaired) electrons. The summed E-state index contributed by atoms with van der Waals surface area (Å²) in [4.78, 5) is 33.4. The summed E-state index contributed by atoms with van der Waals surface area (Å²) in [6.45, 7) is 5.12. The number of carbonyl (C=O) groups is 2. The Balaban J connectivity index is 1.42. The van der Waals surface area contributed by atoms with E-state index < -0.39 is 0 Å². The molecule has 0 unspecified atom stereocenters. The zero-order chi connectivity index (χ0) is 30.3. The van der Waals surface area contributed by atoms with Gasteiger partial charge in [0.15, 0.2) is 0 Å². The van der Waals surface area contributed by atoms with Gasteiger partial charge in [-0.1, -0.05) is 26.0 Å². The first-order valence-corrected chi connectivity index (χ1v) is 14.5. The van der Waals surface area contributed by atoms with Crippen LogP contribution in [-0.2, 0) is 9.53 Å². The molecule has 4 aromatic rings. The molecule has 1 aromatic heterocycles. The van der Waals surface area contributed by atoms with Crippen molar-refractivity contribution in [3.63, 3.8) is 0 Å². The number of anilines is 1. The summed E-state index contributed by atoms with van der Waals surface area (Å²) < 4.78 is 18.2. The molecule has 1 N–H and O–H groups in total. The van der Waals surface area contributed by atoms with Gasteiger partial charge in [0.2, 0.25) is 11.9 Å². The monoisotopic (exact) mass is 582 g/mol. The molecule has 1 atom stereocenters. The second-order valence-corrected chi connectivity index (χ2v) is 10.9. The molecular weight excluding hydrogens is 544 g/mol. The van der Waals surface area contributed by atoms with Crippen LogP contribution in [0.3, 0.4) is 0 Å². The first-order chi connectivity index (χ1) is 20.8. The third-order valence-electron chi connectivity index (χ3n) is 7.59. The Hall–Kier alpha value is -4.63. The number of nitrogens with zero attached hydrogens (tertiary/aromatic N) is 3. The molecule has 2 heterocycles. The van der Waals surface area contributed by atoms with Crippen molar-refractivity contribution in [2.24, 2.45) is 0 Å². The maximum atomic E-state index is 13.6. The van der Waals surface area contributed by atoms with Gasteiger partial charge in [-0.25, -0.2) is 4.98 Å². The lowest BCUT2D eigenvalue weighted by Crippen LogP contribution is -2.42. The quantitative estimate of drug-likeness (QED) is 0.235. The van der Waals surface area contributed by atoms with E-state index in [2.05, 4.69) is 31.3 Å². The van der Waals surface area contributed by atoms with E-state index >= 15 is 0 Å². The highest BCUT2D eigenvalue weighted by Gasteiger charge is 2.26. The highest BCUT2D eigenvalue weighted by molar-refractivity contribution is 5.99. The van der Waals surface area contributed by atoms with E-state index in [1.807, 2.05) is 47.2 Å². The van der Waals surface area contributed by atoms with Crippen molar-refractivity contribution in [1.29, 1.82) is 0 Å². The highest BCUT2D eigenvalue weighted by Crippen LogP contribution is 2.27. The Morgan fingerprint density at radius 2 is 1.63 bits per heavy atom. The molecule has 0 bridgehead atoms. The average Bonchev–Trinajstić information content (AvgIpc) is 3.71. The van der Waals surface area contributed by atoms with E-state index in [1.54, 1.807) is 43.4 Å². The molecule has 2 amide bonds. The van der Waals surface area contributed by atoms with Crippen LogP contribution in [0.15, 0.2) is 79.0 Å². The SMILES string of the molecule is COc1ccc(C(=O)N(CC(=O)Nc2nc(-c3ccc(OC)cc3)cn2-c2ccc(C(C)C)cc2)C[C@@H]2CCCO2)cc1. The number of methoxy groups -OCH3 is 2. The number of hydrogen-bond donors (Lipinski definition) is 1. The van der Waals surface area contributed by atoms with Gasteiger partial charge in [-0.3, -0.25) is 19.5 Å². The van der Waals surface area contributed by atoms with Crippen molar-refractivity contribution < 1.29 is 23.8 Å². The zero-order valence-electron chi connectivity index (χ0n) is 25.1. The Kier molecular flexibility index (Phi) is 9.41. The third-order valence-corrected chi connectivity index (χ3v) is 7.59. The van der Waals surface area contributed by atoms with Gasteiger partial charge < -0.3 is 19.1 Å². The van der Waals surface area contributed by atoms with Gasteiger partial charge in [0.05, 0.1) is 26.0 Å². The largest absolute Gasteiger partial charge is 0.497 e. The number of amides is 2. The number of benzene rings is 3. The van der Waals surface area contributed by atoms with E-state index in [4.69, 9.17) is 19.2 Å². The molecule has 0 spiro atoms. The van der Waals surface area contributed by atoms with Crippen molar-refractivity contribution in [2.75, 3.05) is 39.2 Å². The minimum atomic E-state index is -0.355. The normalized spacial score (nSPS) is 14.5. The van der Waals surface area contributed by atoms with Gasteiger partial charge in [-0.05, 0) is 85.0 Å². The zero-order valence-corrected chi connectivity index (χ0v) is 25.1. The summed E-state index contributed by atoms with van der Waals surface area (Å²) in [7, 11) is 3.20. The minimum Gasteiger partial charge on any atom is -0.497 e. The minimum absolute atomic E-state index is 0.113. The molecule has 9 nitrogen and oxygen atoms in total. The number of nitrogens with one attached hydrogen (secondary N) is 1. The Morgan fingerprint density at radius 1 is 0.977 bits per heavy atom. The van der Waals surface area contributed by atoms with Gasteiger partial charge in [0.25, 0.3) is 5.91 Å². The predicted molar refractivity (Wildman–Crippen MR) is 166 cm³/mol. The fraction of sp³-hybridized carbons (Fsp3) is 0.324. The Bertz CT molecular complexity index is 1520. The summed E-state index contributed by atoms with van der Waals surface area (Å²) in [6.07, 6.45) is 3.56. The molecule has 3 aromatic carbocycles. The number of imidazole rings is 1. The van der Waals surface area contributed by atoms with Crippen LogP contribution in [0.1, 0.15) is 48.5 Å². The number of hydrogen-bond acceptors (Lipinski definition) is 6. The fourth-order valence-electron chi connectivity index (χ4n) is 5.09. The van der Waals surface area contributed by atoms with Crippen molar-refractivity contribution in [1.82, 2.24) is 14.5 Å². The smallest absolute Gasteiger partial charge is 0.254 e. The van der Waals surface area contributed by atoms with E-state index in [9.17, 15) is 9.59 Å². The third kappa shape index (κ3) is 7.24. The van der Waals surface area contributed by atoms with Crippen LogP contribution in [0.4, 0.5) is 5.95 Å². The topological polar surface area (TPSA) is 94.9 Å². The van der Waals surface area contributed by atoms with Crippen LogP contribution in [0.25, 0.3) is 16.9 Å². The molecule has 9 heteroatoms. The number of aromatic nitrogens is 2. The Labute approximate surface area is 252 Å². The lowest BCUT2D eigenvalue weighted by atomic mass is 10.0. The molecule has 1 aliphatic rings. The molecule has 0 saturated carbocycles. The number of carbonyl (C=O) groups excluding carboxylic acids is 2. The van der Waals surface area contributed by atoms with E-state index in [0.29, 0.717) is 42.0 Å². The molecule has 1 fully saturated rings. The second-order valence-electron chi connectivity index (χ2n) is 10.9. The van der Waals surface area contributed by atoms with Crippen molar-refractivity contribution in [3.05, 3.63) is 90.1 Å². The Morgan fingerprint density at radius 3 is 2.21 bits per heavy atom. The second kappa shape index (κ2) is 13.6. The lowest BCUT2D eigenvalue weighted by molar-refractivity contribution is -0.117. The van der Waals surface area contributed by atoms with Crippen LogP contribution in [0.2, 0.25) is 0 Å². The number of rotatable bonds is 11. The van der Waals surface area contributed by atoms with Crippen LogP contribution in [0.5, 0.6) is 11.5 Å². The summed E-state index contributed by atoms with van der Waals surface area (Å²) in [5.41, 5.74) is 4.12. The standard InChI is InChI=1S/C34H38N4O5/c1-23(2)24-7-13-27(14-8-24)38-21-31(25-9-15-28(41-3)16-10-25)35-34(38)36-32(39)22-37(20-30-6-5-19-43-30)33(40)26-11-17-29(42-4)18-12-26/h7-18,21,23,30H,5-6,19-20,22H2,1-4H3,(H,35,36,39)/t30-/m0/s1.